The van der Waals surface area contributed by atoms with Crippen LogP contribution in [-0.2, 0) is 15.0 Å². The first-order chi connectivity index (χ1) is 12.0. The largest absolute Gasteiger partial charge is 0.339 e. The Hall–Kier alpha value is -1.17. The second-order valence-electron chi connectivity index (χ2n) is 7.41. The summed E-state index contributed by atoms with van der Waals surface area (Å²) in [5, 5.41) is 9.49. The van der Waals surface area contributed by atoms with E-state index in [0.717, 1.165) is 38.5 Å². The molecule has 1 saturated carbocycles. The van der Waals surface area contributed by atoms with E-state index in [1.165, 1.54) is 4.31 Å². The molecule has 2 aliphatic heterocycles. The van der Waals surface area contributed by atoms with Crippen LogP contribution in [0.4, 0.5) is 0 Å². The minimum Gasteiger partial charge on any atom is -0.339 e. The Morgan fingerprint density at radius 3 is 1.84 bits per heavy atom. The maximum atomic E-state index is 12.8. The number of carbonyl (C=O) groups excluding carboxylic acids is 1. The first kappa shape index (κ1) is 18.6. The molecular weight excluding hydrogens is 340 g/mol. The maximum absolute atomic E-state index is 12.8. The van der Waals surface area contributed by atoms with Crippen molar-refractivity contribution in [2.45, 2.75) is 51.4 Å². The van der Waals surface area contributed by atoms with Crippen molar-refractivity contribution < 1.29 is 13.2 Å². The molecule has 1 aliphatic carbocycles. The van der Waals surface area contributed by atoms with Crippen molar-refractivity contribution in [2.24, 2.45) is 5.41 Å². The van der Waals surface area contributed by atoms with Crippen molar-refractivity contribution in [1.82, 2.24) is 13.5 Å². The fraction of sp³-hybridized carbons (Fsp3) is 0.882. The van der Waals surface area contributed by atoms with Crippen molar-refractivity contribution in [3.05, 3.63) is 0 Å². The zero-order valence-corrected chi connectivity index (χ0v) is 15.6. The molecule has 3 rings (SSSR count). The summed E-state index contributed by atoms with van der Waals surface area (Å²) in [7, 11) is -3.43. The molecule has 0 aromatic heterocycles. The average Bonchev–Trinajstić information content (AvgIpc) is 2.95. The minimum atomic E-state index is -3.43. The lowest BCUT2D eigenvalue weighted by molar-refractivity contribution is -0.140. The van der Waals surface area contributed by atoms with Crippen LogP contribution in [0.2, 0.25) is 0 Å². The van der Waals surface area contributed by atoms with E-state index in [4.69, 9.17) is 0 Å². The lowest BCUT2D eigenvalue weighted by Crippen LogP contribution is -2.56. The average molecular weight is 369 g/mol. The van der Waals surface area contributed by atoms with Crippen LogP contribution in [-0.4, -0.2) is 67.1 Å². The summed E-state index contributed by atoms with van der Waals surface area (Å²) in [6.07, 6.45) is 7.12. The molecular formula is C17H28N4O3S. The Morgan fingerprint density at radius 2 is 1.32 bits per heavy atom. The van der Waals surface area contributed by atoms with Gasteiger partial charge in [0, 0.05) is 39.3 Å². The Balaban J connectivity index is 1.61. The number of hydrogen-bond donors (Lipinski definition) is 0. The van der Waals surface area contributed by atoms with Crippen molar-refractivity contribution in [3.63, 3.8) is 0 Å². The molecule has 2 saturated heterocycles. The number of hydrogen-bond acceptors (Lipinski definition) is 4. The lowest BCUT2D eigenvalue weighted by atomic mass is 9.86. The van der Waals surface area contributed by atoms with E-state index >= 15 is 0 Å². The highest BCUT2D eigenvalue weighted by molar-refractivity contribution is 7.86. The van der Waals surface area contributed by atoms with Gasteiger partial charge in [-0.15, -0.1) is 0 Å². The summed E-state index contributed by atoms with van der Waals surface area (Å²) in [6.45, 7) is 2.61. The molecule has 0 bridgehead atoms. The Labute approximate surface area is 150 Å². The third-order valence-corrected chi connectivity index (χ3v) is 7.86. The molecule has 0 aromatic rings. The number of carbonyl (C=O) groups is 1. The van der Waals surface area contributed by atoms with Crippen LogP contribution in [0.5, 0.6) is 0 Å². The third kappa shape index (κ3) is 3.69. The molecule has 8 heteroatoms. The zero-order chi connectivity index (χ0) is 17.9. The Kier molecular flexibility index (Phi) is 5.66. The predicted octanol–water partition coefficient (Wildman–Crippen LogP) is 1.34. The molecule has 3 fully saturated rings. The summed E-state index contributed by atoms with van der Waals surface area (Å²) in [5.41, 5.74) is -0.869. The number of rotatable bonds is 3. The summed E-state index contributed by atoms with van der Waals surface area (Å²) in [6, 6.07) is 2.24. The molecule has 0 atom stereocenters. The zero-order valence-electron chi connectivity index (χ0n) is 14.8. The standard InChI is InChI=1S/C17H28N4O3S/c18-15-17(7-3-4-8-17)16(22)19-11-13-21(14-12-19)25(23,24)20-9-5-1-2-6-10-20/h1-14H2. The van der Waals surface area contributed by atoms with E-state index < -0.39 is 15.6 Å². The Morgan fingerprint density at radius 1 is 0.800 bits per heavy atom. The first-order valence-corrected chi connectivity index (χ1v) is 10.9. The molecule has 7 nitrogen and oxygen atoms in total. The third-order valence-electron chi connectivity index (χ3n) is 5.82. The van der Waals surface area contributed by atoms with E-state index in [2.05, 4.69) is 6.07 Å². The molecule has 140 valence electrons. The van der Waals surface area contributed by atoms with Gasteiger partial charge in [0.05, 0.1) is 6.07 Å². The molecule has 3 aliphatic rings. The molecule has 25 heavy (non-hydrogen) atoms. The fourth-order valence-corrected chi connectivity index (χ4v) is 5.88. The Bertz CT molecular complexity index is 621. The van der Waals surface area contributed by atoms with Crippen molar-refractivity contribution in [1.29, 1.82) is 5.26 Å². The van der Waals surface area contributed by atoms with Crippen molar-refractivity contribution in [2.75, 3.05) is 39.3 Å². The van der Waals surface area contributed by atoms with Gasteiger partial charge in [-0.05, 0) is 25.7 Å². The number of amides is 1. The summed E-state index contributed by atoms with van der Waals surface area (Å²) in [5.74, 6) is -0.0979. The van der Waals surface area contributed by atoms with Crippen LogP contribution >= 0.6 is 0 Å². The van der Waals surface area contributed by atoms with Gasteiger partial charge in [0.1, 0.15) is 5.41 Å². The highest BCUT2D eigenvalue weighted by atomic mass is 32.2. The van der Waals surface area contributed by atoms with E-state index in [1.54, 1.807) is 9.21 Å². The van der Waals surface area contributed by atoms with Gasteiger partial charge in [0.25, 0.3) is 10.2 Å². The first-order valence-electron chi connectivity index (χ1n) is 9.45. The quantitative estimate of drug-likeness (QED) is 0.752. The monoisotopic (exact) mass is 368 g/mol. The molecule has 0 aromatic carbocycles. The van der Waals surface area contributed by atoms with Gasteiger partial charge in [-0.25, -0.2) is 0 Å². The van der Waals surface area contributed by atoms with Gasteiger partial charge in [0.15, 0.2) is 0 Å². The molecule has 0 N–H and O–H groups in total. The maximum Gasteiger partial charge on any atom is 0.282 e. The summed E-state index contributed by atoms with van der Waals surface area (Å²) < 4.78 is 28.8. The van der Waals surface area contributed by atoms with Crippen LogP contribution in [0.15, 0.2) is 0 Å². The van der Waals surface area contributed by atoms with Crippen LogP contribution in [0.3, 0.4) is 0 Å². The van der Waals surface area contributed by atoms with Gasteiger partial charge >= 0.3 is 0 Å². The lowest BCUT2D eigenvalue weighted by Gasteiger charge is -2.38. The molecule has 1 amide bonds. The van der Waals surface area contributed by atoms with E-state index in [1.807, 2.05) is 0 Å². The second-order valence-corrected chi connectivity index (χ2v) is 9.34. The van der Waals surface area contributed by atoms with Crippen LogP contribution < -0.4 is 0 Å². The summed E-state index contributed by atoms with van der Waals surface area (Å²) in [4.78, 5) is 14.5. The SMILES string of the molecule is N#CC1(C(=O)N2CCN(S(=O)(=O)N3CCCCCC3)CC2)CCCC1. The molecule has 0 spiro atoms. The van der Waals surface area contributed by atoms with E-state index in [0.29, 0.717) is 52.1 Å². The van der Waals surface area contributed by atoms with Crippen molar-refractivity contribution >= 4 is 16.1 Å². The predicted molar refractivity (Wildman–Crippen MR) is 93.6 cm³/mol. The number of piperazine rings is 1. The van der Waals surface area contributed by atoms with Crippen molar-refractivity contribution in [3.8, 4) is 6.07 Å². The van der Waals surface area contributed by atoms with Gasteiger partial charge < -0.3 is 4.90 Å². The van der Waals surface area contributed by atoms with Gasteiger partial charge in [-0.2, -0.15) is 22.3 Å². The highest BCUT2D eigenvalue weighted by Crippen LogP contribution is 2.39. The molecule has 0 radical (unpaired) electrons. The van der Waals surface area contributed by atoms with Crippen LogP contribution in [0.1, 0.15) is 51.4 Å². The fourth-order valence-electron chi connectivity index (χ4n) is 4.21. The topological polar surface area (TPSA) is 84.7 Å². The normalized spacial score (nSPS) is 26.1. The molecule has 2 heterocycles. The van der Waals surface area contributed by atoms with Crippen LogP contribution in [0, 0.1) is 16.7 Å². The summed E-state index contributed by atoms with van der Waals surface area (Å²) >= 11 is 0. The highest BCUT2D eigenvalue weighted by Gasteiger charge is 2.45. The molecule has 0 unspecified atom stereocenters. The van der Waals surface area contributed by atoms with E-state index in [9.17, 15) is 18.5 Å². The van der Waals surface area contributed by atoms with Gasteiger partial charge in [-0.3, -0.25) is 4.79 Å². The van der Waals surface area contributed by atoms with E-state index in [-0.39, 0.29) is 5.91 Å². The smallest absolute Gasteiger partial charge is 0.282 e. The minimum absolute atomic E-state index is 0.0979. The second kappa shape index (κ2) is 7.60. The number of nitriles is 1. The van der Waals surface area contributed by atoms with Crippen LogP contribution in [0.25, 0.3) is 0 Å². The van der Waals surface area contributed by atoms with Gasteiger partial charge in [0.2, 0.25) is 5.91 Å². The number of nitrogens with zero attached hydrogens (tertiary/aromatic N) is 4. The van der Waals surface area contributed by atoms with Gasteiger partial charge in [-0.1, -0.05) is 25.7 Å².